The number of carboxylic acid groups (broad SMARTS) is 1. The quantitative estimate of drug-likeness (QED) is 0.904. The lowest BCUT2D eigenvalue weighted by Crippen LogP contribution is -2.29. The number of carboxylic acids is 1. The molecule has 0 bridgehead atoms. The second kappa shape index (κ2) is 6.15. The molecule has 1 aromatic carbocycles. The lowest BCUT2D eigenvalue weighted by Gasteiger charge is -2.17. The van der Waals surface area contributed by atoms with Crippen LogP contribution in [0.3, 0.4) is 0 Å². The van der Waals surface area contributed by atoms with Gasteiger partial charge >= 0.3 is 5.97 Å². The Bertz CT molecular complexity index is 639. The summed E-state index contributed by atoms with van der Waals surface area (Å²) in [7, 11) is -3.46. The summed E-state index contributed by atoms with van der Waals surface area (Å²) in [6.07, 6.45) is 1.37. The lowest BCUT2D eigenvalue weighted by atomic mass is 10.0. The predicted octanol–water partition coefficient (Wildman–Crippen LogP) is 2.18. The van der Waals surface area contributed by atoms with E-state index in [0.717, 1.165) is 17.5 Å². The molecule has 1 aliphatic heterocycles. The number of sulfonamides is 1. The molecule has 116 valence electrons. The minimum absolute atomic E-state index is 0.0994. The summed E-state index contributed by atoms with van der Waals surface area (Å²) >= 11 is 0. The average Bonchev–Trinajstić information content (AvgIpc) is 2.89. The van der Waals surface area contributed by atoms with Crippen LogP contribution >= 0.6 is 0 Å². The molecule has 0 saturated carbocycles. The predicted molar refractivity (Wildman–Crippen MR) is 79.7 cm³/mol. The van der Waals surface area contributed by atoms with E-state index in [9.17, 15) is 13.2 Å². The molecule has 0 spiro atoms. The first-order valence-corrected chi connectivity index (χ1v) is 8.54. The molecular weight excluding hydrogens is 290 g/mol. The van der Waals surface area contributed by atoms with Crippen LogP contribution in [-0.4, -0.2) is 36.9 Å². The van der Waals surface area contributed by atoms with Crippen molar-refractivity contribution in [3.05, 3.63) is 29.3 Å². The van der Waals surface area contributed by atoms with Crippen LogP contribution in [0.1, 0.15) is 30.4 Å². The van der Waals surface area contributed by atoms with Gasteiger partial charge in [0.2, 0.25) is 10.0 Å². The second-order valence-electron chi connectivity index (χ2n) is 5.70. The monoisotopic (exact) mass is 311 g/mol. The molecule has 5 nitrogen and oxygen atoms in total. The van der Waals surface area contributed by atoms with Gasteiger partial charge < -0.3 is 5.11 Å². The number of benzene rings is 1. The Morgan fingerprint density at radius 3 is 2.67 bits per heavy atom. The van der Waals surface area contributed by atoms with E-state index in [1.165, 1.54) is 4.31 Å². The summed E-state index contributed by atoms with van der Waals surface area (Å²) in [5.41, 5.74) is 2.02. The van der Waals surface area contributed by atoms with Gasteiger partial charge in [-0.2, -0.15) is 4.31 Å². The zero-order chi connectivity index (χ0) is 15.6. The smallest absolute Gasteiger partial charge is 0.303 e. The number of aryl methyl sites for hydroxylation is 2. The molecule has 1 aliphatic rings. The van der Waals surface area contributed by atoms with Crippen molar-refractivity contribution in [3.63, 3.8) is 0 Å². The molecule has 1 heterocycles. The van der Waals surface area contributed by atoms with Crippen molar-refractivity contribution in [2.45, 2.75) is 38.0 Å². The molecule has 1 N–H and O–H groups in total. The summed E-state index contributed by atoms with van der Waals surface area (Å²) in [6.45, 7) is 4.74. The molecule has 6 heteroatoms. The van der Waals surface area contributed by atoms with Gasteiger partial charge in [-0.25, -0.2) is 8.42 Å². The number of nitrogens with zero attached hydrogens (tertiary/aromatic N) is 1. The third kappa shape index (κ3) is 3.63. The number of hydrogen-bond acceptors (Lipinski definition) is 3. The maximum atomic E-state index is 12.6. The molecule has 0 aliphatic carbocycles. The average molecular weight is 311 g/mol. The lowest BCUT2D eigenvalue weighted by molar-refractivity contribution is -0.137. The Hall–Kier alpha value is -1.40. The Balaban J connectivity index is 2.10. The van der Waals surface area contributed by atoms with Crippen LogP contribution in [0.25, 0.3) is 0 Å². The van der Waals surface area contributed by atoms with Gasteiger partial charge in [0.15, 0.2) is 0 Å². The van der Waals surface area contributed by atoms with E-state index < -0.39 is 16.0 Å². The van der Waals surface area contributed by atoms with Gasteiger partial charge in [-0.15, -0.1) is 0 Å². The summed E-state index contributed by atoms with van der Waals surface area (Å²) in [5, 5.41) is 8.70. The third-order valence-electron chi connectivity index (χ3n) is 4.13. The van der Waals surface area contributed by atoms with E-state index in [1.54, 1.807) is 12.1 Å². The van der Waals surface area contributed by atoms with Crippen molar-refractivity contribution in [3.8, 4) is 0 Å². The third-order valence-corrected chi connectivity index (χ3v) is 5.99. The zero-order valence-electron chi connectivity index (χ0n) is 12.4. The van der Waals surface area contributed by atoms with Crippen LogP contribution in [0.2, 0.25) is 0 Å². The first kappa shape index (κ1) is 16.0. The van der Waals surface area contributed by atoms with Crippen molar-refractivity contribution < 1.29 is 18.3 Å². The van der Waals surface area contributed by atoms with Gasteiger partial charge in [0.1, 0.15) is 0 Å². The van der Waals surface area contributed by atoms with Crippen molar-refractivity contribution in [2.24, 2.45) is 5.92 Å². The number of aliphatic carboxylic acids is 1. The van der Waals surface area contributed by atoms with Crippen molar-refractivity contribution in [1.82, 2.24) is 4.31 Å². The molecule has 0 radical (unpaired) electrons. The van der Waals surface area contributed by atoms with Crippen molar-refractivity contribution in [2.75, 3.05) is 13.1 Å². The Morgan fingerprint density at radius 2 is 2.05 bits per heavy atom. The van der Waals surface area contributed by atoms with Gasteiger partial charge in [0.05, 0.1) is 4.90 Å². The molecule has 2 rings (SSSR count). The number of rotatable bonds is 5. The minimum Gasteiger partial charge on any atom is -0.481 e. The van der Waals surface area contributed by atoms with Crippen LogP contribution in [0, 0.1) is 19.8 Å². The fourth-order valence-corrected chi connectivity index (χ4v) is 4.22. The standard InChI is InChI=1S/C15H21NO4S/c1-11-3-5-14(9-12(11)2)21(19,20)16-8-7-13(10-16)4-6-15(17)18/h3,5,9,13H,4,6-8,10H2,1-2H3,(H,17,18). The molecule has 21 heavy (non-hydrogen) atoms. The molecular formula is C15H21NO4S. The Labute approximate surface area is 125 Å². The van der Waals surface area contributed by atoms with E-state index >= 15 is 0 Å². The first-order valence-electron chi connectivity index (χ1n) is 7.10. The van der Waals surface area contributed by atoms with Crippen LogP contribution in [0.4, 0.5) is 0 Å². The van der Waals surface area contributed by atoms with Crippen molar-refractivity contribution in [1.29, 1.82) is 0 Å². The molecule has 0 amide bonds. The topological polar surface area (TPSA) is 74.7 Å². The minimum atomic E-state index is -3.46. The maximum Gasteiger partial charge on any atom is 0.303 e. The fourth-order valence-electron chi connectivity index (χ4n) is 2.60. The maximum absolute atomic E-state index is 12.6. The van der Waals surface area contributed by atoms with Gasteiger partial charge in [-0.1, -0.05) is 6.07 Å². The summed E-state index contributed by atoms with van der Waals surface area (Å²) in [4.78, 5) is 10.9. The largest absolute Gasteiger partial charge is 0.481 e. The molecule has 1 saturated heterocycles. The van der Waals surface area contributed by atoms with Crippen LogP contribution in [-0.2, 0) is 14.8 Å². The molecule has 1 atom stereocenters. The highest BCUT2D eigenvalue weighted by Crippen LogP contribution is 2.27. The van der Waals surface area contributed by atoms with E-state index in [-0.39, 0.29) is 12.3 Å². The van der Waals surface area contributed by atoms with Crippen molar-refractivity contribution >= 4 is 16.0 Å². The summed E-state index contributed by atoms with van der Waals surface area (Å²) < 4.78 is 26.7. The normalized spacial score (nSPS) is 19.8. The highest BCUT2D eigenvalue weighted by Gasteiger charge is 2.32. The van der Waals surface area contributed by atoms with E-state index in [0.29, 0.717) is 24.4 Å². The molecule has 1 unspecified atom stereocenters. The SMILES string of the molecule is Cc1ccc(S(=O)(=O)N2CCC(CCC(=O)O)C2)cc1C. The van der Waals surface area contributed by atoms with Gasteiger partial charge in [-0.05, 0) is 55.9 Å². The van der Waals surface area contributed by atoms with Crippen LogP contribution in [0.15, 0.2) is 23.1 Å². The van der Waals surface area contributed by atoms with E-state index in [2.05, 4.69) is 0 Å². The Morgan fingerprint density at radius 1 is 1.33 bits per heavy atom. The molecule has 1 aromatic rings. The molecule has 1 fully saturated rings. The Kier molecular flexibility index (Phi) is 4.68. The zero-order valence-corrected chi connectivity index (χ0v) is 13.2. The van der Waals surface area contributed by atoms with Gasteiger partial charge in [0.25, 0.3) is 0 Å². The molecule has 0 aromatic heterocycles. The van der Waals surface area contributed by atoms with Crippen LogP contribution < -0.4 is 0 Å². The van der Waals surface area contributed by atoms with Crippen LogP contribution in [0.5, 0.6) is 0 Å². The highest BCUT2D eigenvalue weighted by atomic mass is 32.2. The summed E-state index contributed by atoms with van der Waals surface area (Å²) in [6, 6.07) is 5.16. The van der Waals surface area contributed by atoms with E-state index in [1.807, 2.05) is 19.9 Å². The fraction of sp³-hybridized carbons (Fsp3) is 0.533. The highest BCUT2D eigenvalue weighted by molar-refractivity contribution is 7.89. The first-order chi connectivity index (χ1) is 9.80. The summed E-state index contributed by atoms with van der Waals surface area (Å²) in [5.74, 6) is -0.687. The number of carbonyl (C=O) groups is 1. The van der Waals surface area contributed by atoms with E-state index in [4.69, 9.17) is 5.11 Å². The second-order valence-corrected chi connectivity index (χ2v) is 7.63. The van der Waals surface area contributed by atoms with Gasteiger partial charge in [-0.3, -0.25) is 4.79 Å². The number of hydrogen-bond donors (Lipinski definition) is 1. The van der Waals surface area contributed by atoms with Gasteiger partial charge in [0, 0.05) is 19.5 Å².